The maximum atomic E-state index is 9.66. The molecule has 0 atom stereocenters. The van der Waals surface area contributed by atoms with Gasteiger partial charge in [0.1, 0.15) is 5.82 Å². The Bertz CT molecular complexity index is 524. The second-order valence-electron chi connectivity index (χ2n) is 4.08. The number of rotatable bonds is 4. The van der Waals surface area contributed by atoms with Gasteiger partial charge in [-0.25, -0.2) is 4.98 Å². The van der Waals surface area contributed by atoms with Gasteiger partial charge in [0.2, 0.25) is 0 Å². The van der Waals surface area contributed by atoms with Crippen LogP contribution in [0.4, 0.5) is 5.82 Å². The van der Waals surface area contributed by atoms with E-state index in [1.807, 2.05) is 31.3 Å². The van der Waals surface area contributed by atoms with E-state index in [-0.39, 0.29) is 5.75 Å². The van der Waals surface area contributed by atoms with Gasteiger partial charge >= 0.3 is 0 Å². The molecule has 94 valence electrons. The zero-order valence-electron chi connectivity index (χ0n) is 10.5. The van der Waals surface area contributed by atoms with Crippen molar-refractivity contribution in [3.8, 4) is 11.5 Å². The predicted molar refractivity (Wildman–Crippen MR) is 71.0 cm³/mol. The lowest BCUT2D eigenvalue weighted by Crippen LogP contribution is -2.01. The van der Waals surface area contributed by atoms with Crippen LogP contribution in [0.1, 0.15) is 11.1 Å². The number of anilines is 1. The molecule has 4 heteroatoms. The SMILES string of the molecule is COc1ccc(CNc2ccc(C)cn2)cc1O. The van der Waals surface area contributed by atoms with E-state index < -0.39 is 0 Å². The quantitative estimate of drug-likeness (QED) is 0.868. The van der Waals surface area contributed by atoms with Gasteiger partial charge in [-0.05, 0) is 36.2 Å². The Morgan fingerprint density at radius 3 is 2.72 bits per heavy atom. The average molecular weight is 244 g/mol. The molecule has 0 saturated heterocycles. The fraction of sp³-hybridized carbons (Fsp3) is 0.214. The summed E-state index contributed by atoms with van der Waals surface area (Å²) >= 11 is 0. The van der Waals surface area contributed by atoms with Gasteiger partial charge in [0, 0.05) is 12.7 Å². The lowest BCUT2D eigenvalue weighted by molar-refractivity contribution is 0.373. The molecule has 4 nitrogen and oxygen atoms in total. The Hall–Kier alpha value is -2.23. The molecular formula is C14H16N2O2. The van der Waals surface area contributed by atoms with Gasteiger partial charge in [-0.2, -0.15) is 0 Å². The van der Waals surface area contributed by atoms with E-state index in [1.165, 1.54) is 7.11 Å². The maximum absolute atomic E-state index is 9.66. The largest absolute Gasteiger partial charge is 0.504 e. The molecule has 0 fully saturated rings. The first kappa shape index (κ1) is 12.2. The topological polar surface area (TPSA) is 54.4 Å². The van der Waals surface area contributed by atoms with Gasteiger partial charge < -0.3 is 15.2 Å². The van der Waals surface area contributed by atoms with E-state index >= 15 is 0 Å². The average Bonchev–Trinajstić information content (AvgIpc) is 2.38. The van der Waals surface area contributed by atoms with Gasteiger partial charge in [-0.15, -0.1) is 0 Å². The van der Waals surface area contributed by atoms with Crippen molar-refractivity contribution in [1.29, 1.82) is 0 Å². The molecule has 1 aromatic heterocycles. The van der Waals surface area contributed by atoms with Gasteiger partial charge in [0.25, 0.3) is 0 Å². The molecular weight excluding hydrogens is 228 g/mol. The van der Waals surface area contributed by atoms with Gasteiger partial charge in [0.05, 0.1) is 7.11 Å². The molecule has 0 aliphatic heterocycles. The number of nitrogens with zero attached hydrogens (tertiary/aromatic N) is 1. The van der Waals surface area contributed by atoms with E-state index in [0.29, 0.717) is 12.3 Å². The molecule has 2 N–H and O–H groups in total. The zero-order chi connectivity index (χ0) is 13.0. The van der Waals surface area contributed by atoms with Crippen molar-refractivity contribution >= 4 is 5.82 Å². The number of methoxy groups -OCH3 is 1. The van der Waals surface area contributed by atoms with Crippen molar-refractivity contribution in [3.05, 3.63) is 47.7 Å². The van der Waals surface area contributed by atoms with Crippen molar-refractivity contribution in [3.63, 3.8) is 0 Å². The number of pyridine rings is 1. The molecule has 0 aliphatic carbocycles. The molecule has 1 heterocycles. The maximum Gasteiger partial charge on any atom is 0.160 e. The van der Waals surface area contributed by atoms with E-state index in [2.05, 4.69) is 10.3 Å². The summed E-state index contributed by atoms with van der Waals surface area (Å²) in [6.07, 6.45) is 1.81. The fourth-order valence-electron chi connectivity index (χ4n) is 1.61. The molecule has 0 bridgehead atoms. The third-order valence-electron chi connectivity index (χ3n) is 2.63. The summed E-state index contributed by atoms with van der Waals surface area (Å²) in [4.78, 5) is 4.25. The molecule has 0 aliphatic rings. The number of aromatic hydroxyl groups is 1. The lowest BCUT2D eigenvalue weighted by Gasteiger charge is -2.08. The normalized spacial score (nSPS) is 10.1. The first-order valence-corrected chi connectivity index (χ1v) is 5.71. The van der Waals surface area contributed by atoms with E-state index in [4.69, 9.17) is 4.74 Å². The number of ether oxygens (including phenoxy) is 1. The highest BCUT2D eigenvalue weighted by molar-refractivity contribution is 5.43. The van der Waals surface area contributed by atoms with Crippen molar-refractivity contribution in [2.45, 2.75) is 13.5 Å². The van der Waals surface area contributed by atoms with Crippen molar-refractivity contribution in [1.82, 2.24) is 4.98 Å². The summed E-state index contributed by atoms with van der Waals surface area (Å²) in [6, 6.07) is 9.26. The number of nitrogens with one attached hydrogen (secondary N) is 1. The number of benzene rings is 1. The Morgan fingerprint density at radius 1 is 1.28 bits per heavy atom. The molecule has 2 rings (SSSR count). The first-order chi connectivity index (χ1) is 8.69. The molecule has 1 aromatic carbocycles. The van der Waals surface area contributed by atoms with Gasteiger partial charge in [-0.1, -0.05) is 12.1 Å². The smallest absolute Gasteiger partial charge is 0.160 e. The Morgan fingerprint density at radius 2 is 2.11 bits per heavy atom. The second-order valence-corrected chi connectivity index (χ2v) is 4.08. The molecule has 2 aromatic rings. The number of hydrogen-bond donors (Lipinski definition) is 2. The van der Waals surface area contributed by atoms with Crippen LogP contribution in [0.2, 0.25) is 0 Å². The van der Waals surface area contributed by atoms with E-state index in [0.717, 1.165) is 16.9 Å². The van der Waals surface area contributed by atoms with Crippen LogP contribution in [-0.2, 0) is 6.54 Å². The minimum absolute atomic E-state index is 0.147. The summed E-state index contributed by atoms with van der Waals surface area (Å²) < 4.78 is 4.99. The zero-order valence-corrected chi connectivity index (χ0v) is 10.5. The van der Waals surface area contributed by atoms with Crippen molar-refractivity contribution in [2.24, 2.45) is 0 Å². The molecule has 0 amide bonds. The number of aromatic nitrogens is 1. The fourth-order valence-corrected chi connectivity index (χ4v) is 1.61. The molecule has 0 radical (unpaired) electrons. The number of hydrogen-bond acceptors (Lipinski definition) is 4. The highest BCUT2D eigenvalue weighted by Gasteiger charge is 2.02. The molecule has 0 spiro atoms. The highest BCUT2D eigenvalue weighted by atomic mass is 16.5. The number of aryl methyl sites for hydroxylation is 1. The van der Waals surface area contributed by atoms with E-state index in [9.17, 15) is 5.11 Å². The Kier molecular flexibility index (Phi) is 3.67. The summed E-state index contributed by atoms with van der Waals surface area (Å²) in [6.45, 7) is 2.60. The van der Waals surface area contributed by atoms with Crippen LogP contribution in [0.5, 0.6) is 11.5 Å². The minimum atomic E-state index is 0.147. The van der Waals surface area contributed by atoms with Crippen LogP contribution < -0.4 is 10.1 Å². The third-order valence-corrected chi connectivity index (χ3v) is 2.63. The molecule has 0 saturated carbocycles. The minimum Gasteiger partial charge on any atom is -0.504 e. The van der Waals surface area contributed by atoms with Crippen LogP contribution in [0.15, 0.2) is 36.5 Å². The van der Waals surface area contributed by atoms with Crippen LogP contribution in [0, 0.1) is 6.92 Å². The molecule has 18 heavy (non-hydrogen) atoms. The summed E-state index contributed by atoms with van der Waals surface area (Å²) in [5, 5.41) is 12.8. The lowest BCUT2D eigenvalue weighted by atomic mass is 10.2. The van der Waals surface area contributed by atoms with E-state index in [1.54, 1.807) is 12.1 Å². The number of phenols is 1. The van der Waals surface area contributed by atoms with Crippen LogP contribution in [0.25, 0.3) is 0 Å². The summed E-state index contributed by atoms with van der Waals surface area (Å²) in [7, 11) is 1.53. The monoisotopic (exact) mass is 244 g/mol. The Labute approximate surface area is 106 Å². The van der Waals surface area contributed by atoms with Crippen LogP contribution >= 0.6 is 0 Å². The summed E-state index contributed by atoms with van der Waals surface area (Å²) in [5.74, 6) is 1.44. The third kappa shape index (κ3) is 2.91. The standard InChI is InChI=1S/C14H16N2O2/c1-10-3-6-14(15-8-10)16-9-11-4-5-13(18-2)12(17)7-11/h3-8,17H,9H2,1-2H3,(H,15,16). The van der Waals surface area contributed by atoms with Crippen molar-refractivity contribution < 1.29 is 9.84 Å². The van der Waals surface area contributed by atoms with Crippen LogP contribution in [0.3, 0.4) is 0 Å². The van der Waals surface area contributed by atoms with Gasteiger partial charge in [0.15, 0.2) is 11.5 Å². The Balaban J connectivity index is 2.02. The molecule has 0 unspecified atom stereocenters. The first-order valence-electron chi connectivity index (χ1n) is 5.71. The van der Waals surface area contributed by atoms with Crippen LogP contribution in [-0.4, -0.2) is 17.2 Å². The van der Waals surface area contributed by atoms with Gasteiger partial charge in [-0.3, -0.25) is 0 Å². The predicted octanol–water partition coefficient (Wildman–Crippen LogP) is 2.72. The highest BCUT2D eigenvalue weighted by Crippen LogP contribution is 2.26. The summed E-state index contributed by atoms with van der Waals surface area (Å²) in [5.41, 5.74) is 2.10. The van der Waals surface area contributed by atoms with Crippen molar-refractivity contribution in [2.75, 3.05) is 12.4 Å². The second kappa shape index (κ2) is 5.40. The number of phenolic OH excluding ortho intramolecular Hbond substituents is 1.